The van der Waals surface area contributed by atoms with Gasteiger partial charge in [0.25, 0.3) is 0 Å². The summed E-state index contributed by atoms with van der Waals surface area (Å²) in [5.41, 5.74) is 8.78. The van der Waals surface area contributed by atoms with E-state index in [1.807, 2.05) is 78.9 Å². The zero-order valence-electron chi connectivity index (χ0n) is 27.8. The average molecular weight is 665 g/mol. The van der Waals surface area contributed by atoms with Crippen molar-refractivity contribution in [1.82, 2.24) is 24.1 Å². The molecular weight excluding hydrogens is 637 g/mol. The molecule has 0 saturated carbocycles. The zero-order chi connectivity index (χ0) is 34.6. The lowest BCUT2D eigenvalue weighted by molar-refractivity contribution is 1.06. The minimum atomic E-state index is 0.517. The maximum absolute atomic E-state index is 8.58. The Hall–Kier alpha value is -7.36. The number of nitrogens with zero attached hydrogens (tertiary/aromatic N) is 6. The van der Waals surface area contributed by atoms with Crippen LogP contribution in [0.15, 0.2) is 170 Å². The van der Waals surface area contributed by atoms with Crippen molar-refractivity contribution in [2.75, 3.05) is 0 Å². The summed E-state index contributed by atoms with van der Waals surface area (Å²) in [4.78, 5) is 19.6. The maximum atomic E-state index is 8.58. The van der Waals surface area contributed by atoms with E-state index in [0.29, 0.717) is 23.2 Å². The van der Waals surface area contributed by atoms with Gasteiger partial charge in [0, 0.05) is 43.9 Å². The molecule has 6 heteroatoms. The molecule has 52 heavy (non-hydrogen) atoms. The first kappa shape index (κ1) is 29.5. The molecule has 0 fully saturated rings. The van der Waals surface area contributed by atoms with Gasteiger partial charge in [-0.2, -0.15) is 0 Å². The Morgan fingerprint density at radius 3 is 1.17 bits per heavy atom. The molecule has 10 rings (SSSR count). The Morgan fingerprint density at radius 1 is 0.385 bits per heavy atom. The molecular formula is C46H28N6. The summed E-state index contributed by atoms with van der Waals surface area (Å²) in [7, 11) is 0. The lowest BCUT2D eigenvalue weighted by atomic mass is 10.1. The first-order chi connectivity index (χ1) is 25.8. The molecule has 242 valence electrons. The Bertz CT molecular complexity index is 2860. The minimum Gasteiger partial charge on any atom is -0.319 e. The summed E-state index contributed by atoms with van der Waals surface area (Å²) in [6, 6.07) is 57.7. The first-order valence-electron chi connectivity index (χ1n) is 17.2. The van der Waals surface area contributed by atoms with Gasteiger partial charge in [0.1, 0.15) is 0 Å². The van der Waals surface area contributed by atoms with Crippen molar-refractivity contribution in [3.8, 4) is 45.5 Å². The van der Waals surface area contributed by atoms with E-state index >= 15 is 0 Å². The highest BCUT2D eigenvalue weighted by atomic mass is 15.1. The maximum Gasteiger partial charge on any atom is 0.212 e. The van der Waals surface area contributed by atoms with Gasteiger partial charge in [-0.25, -0.2) is 19.8 Å². The van der Waals surface area contributed by atoms with Crippen molar-refractivity contribution in [1.29, 1.82) is 0 Å². The van der Waals surface area contributed by atoms with Crippen molar-refractivity contribution in [2.24, 2.45) is 0 Å². The molecule has 0 radical (unpaired) electrons. The summed E-state index contributed by atoms with van der Waals surface area (Å²) in [6.07, 6.45) is 0. The second-order valence-corrected chi connectivity index (χ2v) is 12.7. The van der Waals surface area contributed by atoms with E-state index in [0.717, 1.165) is 71.7 Å². The van der Waals surface area contributed by atoms with Gasteiger partial charge >= 0.3 is 0 Å². The van der Waals surface area contributed by atoms with Crippen LogP contribution in [-0.2, 0) is 0 Å². The van der Waals surface area contributed by atoms with Crippen molar-refractivity contribution in [3.05, 3.63) is 181 Å². The van der Waals surface area contributed by atoms with E-state index in [2.05, 4.69) is 105 Å². The van der Waals surface area contributed by atoms with Crippen LogP contribution in [-0.4, -0.2) is 24.1 Å². The standard InChI is InChI=1S/C46H28N6/c1-47-37-29-42(51-38-24-12-8-20-32(38)33-21-9-13-25-39(33)51)36(28-43(37)52-40-26-14-10-22-34(40)35-23-11-15-27-41(35)52)46-49-44(30-16-4-2-5-17-30)48-45(50-46)31-18-6-3-7-19-31/h2-29H. The average Bonchev–Trinajstić information content (AvgIpc) is 3.74. The molecule has 7 aromatic carbocycles. The predicted octanol–water partition coefficient (Wildman–Crippen LogP) is 11.6. The predicted molar refractivity (Wildman–Crippen MR) is 211 cm³/mol. The number of hydrogen-bond acceptors (Lipinski definition) is 3. The number of benzene rings is 7. The summed E-state index contributed by atoms with van der Waals surface area (Å²) < 4.78 is 4.45. The third-order valence-electron chi connectivity index (χ3n) is 9.80. The van der Waals surface area contributed by atoms with Crippen LogP contribution in [0.1, 0.15) is 0 Å². The lowest BCUT2D eigenvalue weighted by Gasteiger charge is -2.19. The Labute approximate surface area is 299 Å². The van der Waals surface area contributed by atoms with Gasteiger partial charge in [-0.3, -0.25) is 0 Å². The zero-order valence-corrected chi connectivity index (χ0v) is 27.8. The highest BCUT2D eigenvalue weighted by Crippen LogP contribution is 2.42. The highest BCUT2D eigenvalue weighted by Gasteiger charge is 2.23. The summed E-state index contributed by atoms with van der Waals surface area (Å²) in [5.74, 6) is 1.67. The van der Waals surface area contributed by atoms with Crippen LogP contribution >= 0.6 is 0 Å². The summed E-state index contributed by atoms with van der Waals surface area (Å²) in [5, 5.41) is 4.51. The van der Waals surface area contributed by atoms with Crippen LogP contribution < -0.4 is 0 Å². The molecule has 0 amide bonds. The fourth-order valence-electron chi connectivity index (χ4n) is 7.49. The minimum absolute atomic E-state index is 0.517. The van der Waals surface area contributed by atoms with Crippen LogP contribution in [0.25, 0.3) is 94.0 Å². The number of rotatable bonds is 5. The van der Waals surface area contributed by atoms with Gasteiger partial charge < -0.3 is 9.13 Å². The van der Waals surface area contributed by atoms with Crippen molar-refractivity contribution in [3.63, 3.8) is 0 Å². The van der Waals surface area contributed by atoms with Crippen molar-refractivity contribution >= 4 is 49.3 Å². The second-order valence-electron chi connectivity index (χ2n) is 12.7. The summed E-state index contributed by atoms with van der Waals surface area (Å²) in [6.45, 7) is 8.58. The molecule has 0 bridgehead atoms. The number of aromatic nitrogens is 5. The quantitative estimate of drug-likeness (QED) is 0.172. The molecule has 6 nitrogen and oxygen atoms in total. The summed E-state index contributed by atoms with van der Waals surface area (Å²) >= 11 is 0. The van der Waals surface area contributed by atoms with Gasteiger partial charge in [-0.1, -0.05) is 133 Å². The van der Waals surface area contributed by atoms with E-state index in [9.17, 15) is 0 Å². The molecule has 0 saturated heterocycles. The largest absolute Gasteiger partial charge is 0.319 e. The molecule has 0 aliphatic heterocycles. The van der Waals surface area contributed by atoms with Crippen LogP contribution in [0, 0.1) is 6.57 Å². The van der Waals surface area contributed by atoms with Crippen LogP contribution in [0.5, 0.6) is 0 Å². The van der Waals surface area contributed by atoms with Crippen molar-refractivity contribution in [2.45, 2.75) is 0 Å². The molecule has 0 aliphatic rings. The van der Waals surface area contributed by atoms with E-state index in [1.54, 1.807) is 0 Å². The highest BCUT2D eigenvalue weighted by molar-refractivity contribution is 6.11. The Kier molecular flexibility index (Phi) is 6.76. The van der Waals surface area contributed by atoms with Crippen molar-refractivity contribution < 1.29 is 0 Å². The van der Waals surface area contributed by atoms with Crippen LogP contribution in [0.3, 0.4) is 0 Å². The van der Waals surface area contributed by atoms with E-state index in [4.69, 9.17) is 21.5 Å². The molecule has 0 aliphatic carbocycles. The molecule has 3 heterocycles. The van der Waals surface area contributed by atoms with Gasteiger partial charge in [0.05, 0.1) is 34.3 Å². The number of hydrogen-bond donors (Lipinski definition) is 0. The molecule has 0 N–H and O–H groups in total. The van der Waals surface area contributed by atoms with Gasteiger partial charge in [0.15, 0.2) is 17.5 Å². The fourth-order valence-corrected chi connectivity index (χ4v) is 7.49. The fraction of sp³-hybridized carbons (Fsp3) is 0. The van der Waals surface area contributed by atoms with Gasteiger partial charge in [-0.15, -0.1) is 0 Å². The van der Waals surface area contributed by atoms with E-state index < -0.39 is 0 Å². The first-order valence-corrected chi connectivity index (χ1v) is 17.2. The second kappa shape index (κ2) is 11.9. The third-order valence-corrected chi connectivity index (χ3v) is 9.80. The van der Waals surface area contributed by atoms with Gasteiger partial charge in [0.2, 0.25) is 5.69 Å². The smallest absolute Gasteiger partial charge is 0.212 e. The Morgan fingerprint density at radius 2 is 0.750 bits per heavy atom. The van der Waals surface area contributed by atoms with Crippen LogP contribution in [0.2, 0.25) is 0 Å². The molecule has 0 spiro atoms. The molecule has 10 aromatic rings. The third kappa shape index (κ3) is 4.61. The SMILES string of the molecule is [C-]#[N+]c1cc(-n2c3ccccc3c3ccccc32)c(-c2nc(-c3ccccc3)nc(-c3ccccc3)n2)cc1-n1c2ccccc2c2ccccc21. The number of fused-ring (bicyclic) bond motifs is 6. The normalized spacial score (nSPS) is 11.4. The van der Waals surface area contributed by atoms with Crippen LogP contribution in [0.4, 0.5) is 5.69 Å². The molecule has 0 atom stereocenters. The molecule has 3 aromatic heterocycles. The van der Waals surface area contributed by atoms with E-state index in [1.165, 1.54) is 0 Å². The number of para-hydroxylation sites is 4. The van der Waals surface area contributed by atoms with E-state index in [-0.39, 0.29) is 0 Å². The monoisotopic (exact) mass is 664 g/mol. The topological polar surface area (TPSA) is 52.9 Å². The lowest BCUT2D eigenvalue weighted by Crippen LogP contribution is -2.05. The molecule has 0 unspecified atom stereocenters. The van der Waals surface area contributed by atoms with Gasteiger partial charge in [-0.05, 0) is 36.4 Å². The Balaban J connectivity index is 1.36.